The number of hydrogen-bond donors (Lipinski definition) is 0. The number of Topliss-reactive ketones (excluding diaryl/α,β-unsaturated/α-hetero) is 3. The van der Waals surface area contributed by atoms with Crippen molar-refractivity contribution in [1.29, 1.82) is 0 Å². The van der Waals surface area contributed by atoms with Crippen molar-refractivity contribution in [3.63, 3.8) is 0 Å². The van der Waals surface area contributed by atoms with Crippen LogP contribution in [0.15, 0.2) is 60.7 Å². The first-order valence-corrected chi connectivity index (χ1v) is 10.8. The van der Waals surface area contributed by atoms with Crippen molar-refractivity contribution in [3.8, 4) is 0 Å². The Balaban J connectivity index is 1.64. The van der Waals surface area contributed by atoms with Crippen molar-refractivity contribution in [1.82, 2.24) is 0 Å². The Morgan fingerprint density at radius 3 is 2.10 bits per heavy atom. The quantitative estimate of drug-likeness (QED) is 0.683. The Hall–Kier alpha value is -2.55. The summed E-state index contributed by atoms with van der Waals surface area (Å²) in [4.78, 5) is 40.6. The van der Waals surface area contributed by atoms with Crippen LogP contribution in [0.25, 0.3) is 0 Å². The fraction of sp³-hybridized carbons (Fsp3) is 0.423. The van der Waals surface area contributed by atoms with Crippen LogP contribution in [0.1, 0.15) is 59.2 Å². The predicted octanol–water partition coefficient (Wildman–Crippen LogP) is 5.15. The summed E-state index contributed by atoms with van der Waals surface area (Å²) in [6, 6.07) is 18.6. The van der Waals surface area contributed by atoms with Gasteiger partial charge in [-0.2, -0.15) is 0 Å². The zero-order valence-electron chi connectivity index (χ0n) is 16.6. The number of fused-ring (bicyclic) bond motifs is 2. The van der Waals surface area contributed by atoms with Crippen molar-refractivity contribution in [2.24, 2.45) is 29.1 Å². The van der Waals surface area contributed by atoms with Gasteiger partial charge in [0.15, 0.2) is 11.6 Å². The molecular formula is C26H26O3. The molecule has 4 aliphatic carbocycles. The second kappa shape index (κ2) is 7.05. The van der Waals surface area contributed by atoms with Crippen LogP contribution in [0.2, 0.25) is 0 Å². The average Bonchev–Trinajstić information content (AvgIpc) is 2.78. The number of ketones is 3. The second-order valence-corrected chi connectivity index (χ2v) is 9.13. The maximum Gasteiger partial charge on any atom is 0.167 e. The Morgan fingerprint density at radius 2 is 1.45 bits per heavy atom. The van der Waals surface area contributed by atoms with Gasteiger partial charge in [-0.15, -0.1) is 0 Å². The van der Waals surface area contributed by atoms with Gasteiger partial charge >= 0.3 is 0 Å². The van der Waals surface area contributed by atoms with E-state index in [1.165, 1.54) is 0 Å². The molecule has 5 atom stereocenters. The van der Waals surface area contributed by atoms with Crippen molar-refractivity contribution in [2.75, 3.05) is 0 Å². The van der Waals surface area contributed by atoms with E-state index in [1.54, 1.807) is 0 Å². The number of carbonyl (C=O) groups is 3. The Morgan fingerprint density at radius 1 is 0.828 bits per heavy atom. The normalized spacial score (nSPS) is 33.2. The van der Waals surface area contributed by atoms with Gasteiger partial charge in [0.05, 0.1) is 0 Å². The fourth-order valence-electron chi connectivity index (χ4n) is 6.61. The molecule has 0 amide bonds. The Bertz CT molecular complexity index is 948. The Kier molecular flexibility index (Phi) is 4.49. The molecule has 4 aliphatic rings. The highest BCUT2D eigenvalue weighted by Gasteiger charge is 2.65. The molecule has 148 valence electrons. The molecule has 0 aliphatic heterocycles. The molecule has 3 heteroatoms. The van der Waals surface area contributed by atoms with E-state index in [0.29, 0.717) is 23.5 Å². The van der Waals surface area contributed by atoms with Gasteiger partial charge in [-0.1, -0.05) is 73.5 Å². The lowest BCUT2D eigenvalue weighted by Gasteiger charge is -2.60. The van der Waals surface area contributed by atoms with Crippen molar-refractivity contribution < 1.29 is 14.4 Å². The minimum atomic E-state index is -0.527. The summed E-state index contributed by atoms with van der Waals surface area (Å²) in [6.45, 7) is 0. The molecule has 2 aromatic carbocycles. The van der Waals surface area contributed by atoms with E-state index in [9.17, 15) is 14.4 Å². The first kappa shape index (κ1) is 18.5. The van der Waals surface area contributed by atoms with E-state index in [1.807, 2.05) is 60.7 Å². The summed E-state index contributed by atoms with van der Waals surface area (Å²) in [7, 11) is 0. The molecule has 0 N–H and O–H groups in total. The van der Waals surface area contributed by atoms with Crippen LogP contribution in [-0.4, -0.2) is 17.3 Å². The minimum Gasteiger partial charge on any atom is -0.299 e. The lowest BCUT2D eigenvalue weighted by molar-refractivity contribution is -0.153. The third kappa shape index (κ3) is 2.82. The Labute approximate surface area is 171 Å². The van der Waals surface area contributed by atoms with Crippen LogP contribution >= 0.6 is 0 Å². The molecule has 4 fully saturated rings. The highest BCUT2D eigenvalue weighted by molar-refractivity contribution is 6.08. The van der Waals surface area contributed by atoms with Crippen LogP contribution in [0.4, 0.5) is 0 Å². The highest BCUT2D eigenvalue weighted by atomic mass is 16.1. The van der Waals surface area contributed by atoms with Gasteiger partial charge in [0.1, 0.15) is 5.78 Å². The van der Waals surface area contributed by atoms with Crippen molar-refractivity contribution in [2.45, 2.75) is 38.5 Å². The van der Waals surface area contributed by atoms with Crippen LogP contribution < -0.4 is 0 Å². The van der Waals surface area contributed by atoms with E-state index in [0.717, 1.165) is 32.1 Å². The molecule has 0 aromatic heterocycles. The van der Waals surface area contributed by atoms with Gasteiger partial charge in [-0.05, 0) is 30.6 Å². The van der Waals surface area contributed by atoms with Gasteiger partial charge in [0, 0.05) is 35.3 Å². The van der Waals surface area contributed by atoms with Gasteiger partial charge in [0.25, 0.3) is 0 Å². The smallest absolute Gasteiger partial charge is 0.167 e. The molecule has 0 saturated heterocycles. The van der Waals surface area contributed by atoms with Gasteiger partial charge in [-0.25, -0.2) is 0 Å². The first-order valence-electron chi connectivity index (χ1n) is 10.8. The SMILES string of the molecule is O=C(c1ccccc1)[C@@H]1[C@@H](C(=O)c2ccccc2)[C@]23CCCC[C@H]2C[C@H]1C(=O)C3. The van der Waals surface area contributed by atoms with Gasteiger partial charge in [-0.3, -0.25) is 14.4 Å². The largest absolute Gasteiger partial charge is 0.299 e. The molecule has 3 nitrogen and oxygen atoms in total. The molecule has 0 heterocycles. The minimum absolute atomic E-state index is 0.0265. The highest BCUT2D eigenvalue weighted by Crippen LogP contribution is 2.64. The number of benzene rings is 2. The lowest BCUT2D eigenvalue weighted by atomic mass is 9.41. The molecule has 29 heavy (non-hydrogen) atoms. The van der Waals surface area contributed by atoms with Gasteiger partial charge in [0.2, 0.25) is 0 Å². The van der Waals surface area contributed by atoms with Gasteiger partial charge < -0.3 is 0 Å². The van der Waals surface area contributed by atoms with Crippen LogP contribution in [-0.2, 0) is 4.79 Å². The number of carbonyl (C=O) groups excluding carboxylic acids is 3. The van der Waals surface area contributed by atoms with Crippen molar-refractivity contribution in [3.05, 3.63) is 71.8 Å². The molecular weight excluding hydrogens is 360 g/mol. The summed E-state index contributed by atoms with van der Waals surface area (Å²) in [6.07, 6.45) is 5.42. The molecule has 2 aromatic rings. The van der Waals surface area contributed by atoms with E-state index >= 15 is 0 Å². The topological polar surface area (TPSA) is 51.2 Å². The zero-order chi connectivity index (χ0) is 20.0. The standard InChI is InChI=1S/C26H26O3/c27-21-16-26-14-8-7-13-19(26)15-20(21)22(24(28)17-9-3-1-4-10-17)23(26)25(29)18-11-5-2-6-12-18/h1-6,9-12,19-20,22-23H,7-8,13-16H2/t19-,20-,22-,23-,26-/m0/s1. The van der Waals surface area contributed by atoms with Crippen LogP contribution in [0.3, 0.4) is 0 Å². The fourth-order valence-corrected chi connectivity index (χ4v) is 6.61. The lowest BCUT2D eigenvalue weighted by Crippen LogP contribution is -2.62. The molecule has 0 radical (unpaired) electrons. The van der Waals surface area contributed by atoms with Crippen LogP contribution in [0.5, 0.6) is 0 Å². The van der Waals surface area contributed by atoms with Crippen LogP contribution in [0, 0.1) is 29.1 Å². The predicted molar refractivity (Wildman–Crippen MR) is 111 cm³/mol. The summed E-state index contributed by atoms with van der Waals surface area (Å²) in [5.41, 5.74) is 0.945. The number of rotatable bonds is 4. The summed E-state index contributed by atoms with van der Waals surface area (Å²) < 4.78 is 0. The van der Waals surface area contributed by atoms with Crippen molar-refractivity contribution >= 4 is 17.3 Å². The number of hydrogen-bond acceptors (Lipinski definition) is 3. The second-order valence-electron chi connectivity index (χ2n) is 9.13. The molecule has 4 saturated carbocycles. The molecule has 0 unspecified atom stereocenters. The average molecular weight is 386 g/mol. The van der Waals surface area contributed by atoms with E-state index in [4.69, 9.17) is 0 Å². The summed E-state index contributed by atoms with van der Waals surface area (Å²) in [5, 5.41) is 0. The maximum atomic E-state index is 13.8. The molecule has 6 rings (SSSR count). The third-order valence-electron chi connectivity index (χ3n) is 7.83. The third-order valence-corrected chi connectivity index (χ3v) is 7.83. The monoisotopic (exact) mass is 386 g/mol. The zero-order valence-corrected chi connectivity index (χ0v) is 16.6. The van der Waals surface area contributed by atoms with E-state index in [2.05, 4.69) is 0 Å². The van der Waals surface area contributed by atoms with E-state index in [-0.39, 0.29) is 34.6 Å². The first-order chi connectivity index (χ1) is 14.1. The molecule has 2 bridgehead atoms. The van der Waals surface area contributed by atoms with E-state index < -0.39 is 5.92 Å². The molecule has 1 spiro atoms. The maximum absolute atomic E-state index is 13.8. The summed E-state index contributed by atoms with van der Waals surface area (Å²) >= 11 is 0. The summed E-state index contributed by atoms with van der Waals surface area (Å²) in [5.74, 6) is -0.610.